The van der Waals surface area contributed by atoms with Gasteiger partial charge in [-0.25, -0.2) is 0 Å². The lowest BCUT2D eigenvalue weighted by atomic mass is 10.0. The van der Waals surface area contributed by atoms with Gasteiger partial charge in [-0.3, -0.25) is 0 Å². The molecular weight excluding hydrogens is 331 g/mol. The summed E-state index contributed by atoms with van der Waals surface area (Å²) in [5.74, 6) is 0. The van der Waals surface area contributed by atoms with E-state index in [0.717, 1.165) is 22.0 Å². The molecule has 0 aliphatic heterocycles. The lowest BCUT2D eigenvalue weighted by molar-refractivity contribution is 0.948. The van der Waals surface area contributed by atoms with E-state index >= 15 is 0 Å². The first-order chi connectivity index (χ1) is 8.56. The van der Waals surface area contributed by atoms with Crippen LogP contribution in [0.25, 0.3) is 0 Å². The lowest BCUT2D eigenvalue weighted by Gasteiger charge is -2.13. The Morgan fingerprint density at radius 2 is 1.72 bits per heavy atom. The molecule has 2 aromatic rings. The smallest absolute Gasteiger partial charge is 0.0452 e. The summed E-state index contributed by atoms with van der Waals surface area (Å²) in [5.41, 5.74) is 3.53. The zero-order valence-electron chi connectivity index (χ0n) is 9.96. The number of halogens is 3. The van der Waals surface area contributed by atoms with Crippen molar-refractivity contribution in [1.82, 2.24) is 0 Å². The van der Waals surface area contributed by atoms with Crippen LogP contribution in [0.4, 0.5) is 0 Å². The van der Waals surface area contributed by atoms with E-state index in [2.05, 4.69) is 28.1 Å². The summed E-state index contributed by atoms with van der Waals surface area (Å²) in [5, 5.41) is 1.57. The number of alkyl halides is 1. The first-order valence-corrected chi connectivity index (χ1v) is 7.38. The zero-order chi connectivity index (χ0) is 13.1. The van der Waals surface area contributed by atoms with Crippen LogP contribution in [0.3, 0.4) is 0 Å². The van der Waals surface area contributed by atoms with Crippen LogP contribution in [0.1, 0.15) is 21.5 Å². The second-order valence-corrected chi connectivity index (χ2v) is 6.27. The molecule has 2 aromatic carbocycles. The van der Waals surface area contributed by atoms with Crippen LogP contribution in [0.2, 0.25) is 10.0 Å². The Balaban J connectivity index is 2.16. The van der Waals surface area contributed by atoms with Crippen molar-refractivity contribution in [2.24, 2.45) is 0 Å². The van der Waals surface area contributed by atoms with Crippen molar-refractivity contribution in [3.05, 3.63) is 69.2 Å². The molecule has 3 heteroatoms. The van der Waals surface area contributed by atoms with Gasteiger partial charge in [-0.1, -0.05) is 63.4 Å². The van der Waals surface area contributed by atoms with E-state index in [9.17, 15) is 0 Å². The molecule has 0 nitrogen and oxygen atoms in total. The fourth-order valence-corrected chi connectivity index (χ4v) is 3.22. The molecule has 2 rings (SSSR count). The van der Waals surface area contributed by atoms with E-state index in [0.29, 0.717) is 0 Å². The topological polar surface area (TPSA) is 0 Å². The summed E-state index contributed by atoms with van der Waals surface area (Å²) in [6.07, 6.45) is 0.889. The molecule has 0 spiro atoms. The summed E-state index contributed by atoms with van der Waals surface area (Å²) < 4.78 is 0. The van der Waals surface area contributed by atoms with Gasteiger partial charge < -0.3 is 0 Å². The normalized spacial score (nSPS) is 12.4. The zero-order valence-corrected chi connectivity index (χ0v) is 13.1. The molecule has 0 heterocycles. The van der Waals surface area contributed by atoms with Gasteiger partial charge >= 0.3 is 0 Å². The predicted octanol–water partition coefficient (Wildman–Crippen LogP) is 5.98. The van der Waals surface area contributed by atoms with Crippen LogP contribution < -0.4 is 0 Å². The maximum atomic E-state index is 6.26. The molecule has 0 fully saturated rings. The Labute approximate surface area is 126 Å². The van der Waals surface area contributed by atoms with E-state index in [1.165, 1.54) is 11.1 Å². The number of hydrogen-bond donors (Lipinski definition) is 0. The molecule has 0 aromatic heterocycles. The van der Waals surface area contributed by atoms with Crippen LogP contribution in [0.15, 0.2) is 42.5 Å². The van der Waals surface area contributed by atoms with E-state index in [-0.39, 0.29) is 4.83 Å². The Morgan fingerprint density at radius 3 is 2.33 bits per heavy atom. The van der Waals surface area contributed by atoms with Crippen molar-refractivity contribution >= 4 is 39.1 Å². The highest BCUT2D eigenvalue weighted by atomic mass is 79.9. The van der Waals surface area contributed by atoms with E-state index < -0.39 is 0 Å². The van der Waals surface area contributed by atoms with Crippen LogP contribution in [-0.2, 0) is 6.42 Å². The third-order valence-electron chi connectivity index (χ3n) is 2.82. The predicted molar refractivity (Wildman–Crippen MR) is 83.0 cm³/mol. The van der Waals surface area contributed by atoms with Crippen molar-refractivity contribution < 1.29 is 0 Å². The van der Waals surface area contributed by atoms with E-state index in [1.807, 2.05) is 37.3 Å². The minimum Gasteiger partial charge on any atom is -0.0843 e. The molecule has 0 saturated heterocycles. The van der Waals surface area contributed by atoms with Crippen molar-refractivity contribution in [1.29, 1.82) is 0 Å². The van der Waals surface area contributed by atoms with Crippen molar-refractivity contribution in [2.75, 3.05) is 0 Å². The standard InChI is InChI=1S/C15H13BrCl2/c1-10-2-7-13(15(18)8-10)14(16)9-11-3-5-12(17)6-4-11/h2-8,14H,9H2,1H3. The quantitative estimate of drug-likeness (QED) is 0.601. The van der Waals surface area contributed by atoms with Crippen molar-refractivity contribution in [2.45, 2.75) is 18.2 Å². The van der Waals surface area contributed by atoms with Crippen LogP contribution in [-0.4, -0.2) is 0 Å². The Hall–Kier alpha value is -0.500. The summed E-state index contributed by atoms with van der Waals surface area (Å²) in [6, 6.07) is 14.1. The highest BCUT2D eigenvalue weighted by Gasteiger charge is 2.12. The summed E-state index contributed by atoms with van der Waals surface area (Å²) in [4.78, 5) is 0.215. The van der Waals surface area contributed by atoms with Gasteiger partial charge in [0.15, 0.2) is 0 Å². The number of hydrogen-bond acceptors (Lipinski definition) is 0. The van der Waals surface area contributed by atoms with E-state index in [4.69, 9.17) is 23.2 Å². The summed E-state index contributed by atoms with van der Waals surface area (Å²) in [7, 11) is 0. The molecule has 1 atom stereocenters. The first-order valence-electron chi connectivity index (χ1n) is 5.71. The van der Waals surface area contributed by atoms with Gasteiger partial charge in [-0.2, -0.15) is 0 Å². The second kappa shape index (κ2) is 6.10. The van der Waals surface area contributed by atoms with E-state index in [1.54, 1.807) is 0 Å². The van der Waals surface area contributed by atoms with Crippen molar-refractivity contribution in [3.63, 3.8) is 0 Å². The van der Waals surface area contributed by atoms with Gasteiger partial charge in [-0.15, -0.1) is 0 Å². The maximum absolute atomic E-state index is 6.26. The molecule has 0 amide bonds. The maximum Gasteiger partial charge on any atom is 0.0452 e. The van der Waals surface area contributed by atoms with Crippen LogP contribution >= 0.6 is 39.1 Å². The molecule has 0 N–H and O–H groups in total. The molecule has 0 saturated carbocycles. The van der Waals surface area contributed by atoms with Crippen LogP contribution in [0, 0.1) is 6.92 Å². The Bertz CT molecular complexity index is 535. The van der Waals surface area contributed by atoms with Gasteiger partial charge in [-0.05, 0) is 48.2 Å². The molecule has 0 aliphatic carbocycles. The minimum atomic E-state index is 0.215. The van der Waals surface area contributed by atoms with Gasteiger partial charge in [0, 0.05) is 14.9 Å². The first kappa shape index (κ1) is 13.9. The molecule has 0 bridgehead atoms. The number of aryl methyl sites for hydroxylation is 1. The second-order valence-electron chi connectivity index (χ2n) is 4.32. The van der Waals surface area contributed by atoms with Gasteiger partial charge in [0.2, 0.25) is 0 Å². The number of benzene rings is 2. The fourth-order valence-electron chi connectivity index (χ4n) is 1.82. The van der Waals surface area contributed by atoms with Gasteiger partial charge in [0.05, 0.1) is 0 Å². The lowest BCUT2D eigenvalue weighted by Crippen LogP contribution is -1.96. The summed E-state index contributed by atoms with van der Waals surface area (Å²) >= 11 is 15.8. The average molecular weight is 344 g/mol. The average Bonchev–Trinajstić information content (AvgIpc) is 2.32. The van der Waals surface area contributed by atoms with Gasteiger partial charge in [0.1, 0.15) is 0 Å². The highest BCUT2D eigenvalue weighted by molar-refractivity contribution is 9.09. The van der Waals surface area contributed by atoms with Gasteiger partial charge in [0.25, 0.3) is 0 Å². The molecule has 0 radical (unpaired) electrons. The van der Waals surface area contributed by atoms with Crippen molar-refractivity contribution in [3.8, 4) is 0 Å². The number of rotatable bonds is 3. The fraction of sp³-hybridized carbons (Fsp3) is 0.200. The molecule has 18 heavy (non-hydrogen) atoms. The van der Waals surface area contributed by atoms with Crippen LogP contribution in [0.5, 0.6) is 0 Å². The molecular formula is C15H13BrCl2. The highest BCUT2D eigenvalue weighted by Crippen LogP contribution is 2.33. The molecule has 0 aliphatic rings. The Kier molecular flexibility index (Phi) is 4.71. The molecule has 1 unspecified atom stereocenters. The third-order valence-corrected chi connectivity index (χ3v) is 4.22. The monoisotopic (exact) mass is 342 g/mol. The third kappa shape index (κ3) is 3.50. The summed E-state index contributed by atoms with van der Waals surface area (Å²) in [6.45, 7) is 2.04. The Morgan fingerprint density at radius 1 is 1.06 bits per heavy atom. The largest absolute Gasteiger partial charge is 0.0843 e. The molecule has 94 valence electrons. The minimum absolute atomic E-state index is 0.215. The SMILES string of the molecule is Cc1ccc(C(Br)Cc2ccc(Cl)cc2)c(Cl)c1.